The number of hydrogen-bond acceptors (Lipinski definition) is 2. The molecule has 1 N–H and O–H groups in total. The predicted molar refractivity (Wildman–Crippen MR) is 66.1 cm³/mol. The predicted octanol–water partition coefficient (Wildman–Crippen LogP) is 2.14. The third-order valence-electron chi connectivity index (χ3n) is 3.51. The number of aliphatic hydroxyl groups is 1. The molecule has 0 bridgehead atoms. The molecule has 88 valence electrons. The van der Waals surface area contributed by atoms with Crippen molar-refractivity contribution in [1.29, 1.82) is 0 Å². The highest BCUT2D eigenvalue weighted by Crippen LogP contribution is 2.23. The number of hydrogen-bond donors (Lipinski definition) is 1. The van der Waals surface area contributed by atoms with E-state index in [9.17, 15) is 5.11 Å². The minimum Gasteiger partial charge on any atom is -0.392 e. The lowest BCUT2D eigenvalue weighted by Crippen LogP contribution is -2.46. The molecule has 0 aliphatic carbocycles. The van der Waals surface area contributed by atoms with Crippen molar-refractivity contribution in [2.45, 2.75) is 26.5 Å². The van der Waals surface area contributed by atoms with Crippen molar-refractivity contribution in [3.8, 4) is 0 Å². The third kappa shape index (κ3) is 2.63. The summed E-state index contributed by atoms with van der Waals surface area (Å²) in [4.78, 5) is 2.44. The van der Waals surface area contributed by atoms with Gasteiger partial charge in [-0.05, 0) is 17.4 Å². The molecule has 1 saturated heterocycles. The van der Waals surface area contributed by atoms with E-state index < -0.39 is 0 Å². The molecule has 0 unspecified atom stereocenters. The normalized spacial score (nSPS) is 31.6. The number of rotatable bonds is 2. The van der Waals surface area contributed by atoms with E-state index in [2.05, 4.69) is 49.1 Å². The molecule has 0 aromatic heterocycles. The fourth-order valence-corrected chi connectivity index (χ4v) is 2.64. The molecule has 1 fully saturated rings. The zero-order valence-electron chi connectivity index (χ0n) is 10.1. The van der Waals surface area contributed by atoms with Gasteiger partial charge in [0.05, 0.1) is 6.10 Å². The molecule has 0 amide bonds. The van der Waals surface area contributed by atoms with Crippen LogP contribution in [0.5, 0.6) is 0 Å². The molecule has 2 nitrogen and oxygen atoms in total. The zero-order chi connectivity index (χ0) is 11.5. The first-order chi connectivity index (χ1) is 7.66. The Hall–Kier alpha value is -0.860. The van der Waals surface area contributed by atoms with Crippen molar-refractivity contribution >= 4 is 0 Å². The molecule has 0 spiro atoms. The summed E-state index contributed by atoms with van der Waals surface area (Å²) in [6, 6.07) is 10.6. The van der Waals surface area contributed by atoms with Crippen molar-refractivity contribution in [3.63, 3.8) is 0 Å². The summed E-state index contributed by atoms with van der Waals surface area (Å²) < 4.78 is 0. The molecule has 2 rings (SSSR count). The van der Waals surface area contributed by atoms with E-state index in [0.29, 0.717) is 11.8 Å². The molecule has 2 heteroatoms. The fraction of sp³-hybridized carbons (Fsp3) is 0.571. The van der Waals surface area contributed by atoms with Gasteiger partial charge in [0.25, 0.3) is 0 Å². The number of benzene rings is 1. The largest absolute Gasteiger partial charge is 0.392 e. The van der Waals surface area contributed by atoms with Crippen molar-refractivity contribution in [2.24, 2.45) is 11.8 Å². The van der Waals surface area contributed by atoms with Gasteiger partial charge in [-0.3, -0.25) is 4.90 Å². The smallest absolute Gasteiger partial charge is 0.0615 e. The van der Waals surface area contributed by atoms with Crippen LogP contribution in [0.2, 0.25) is 0 Å². The minimum absolute atomic E-state index is 0.132. The fourth-order valence-electron chi connectivity index (χ4n) is 2.64. The third-order valence-corrected chi connectivity index (χ3v) is 3.51. The second kappa shape index (κ2) is 4.98. The molecule has 1 aromatic rings. The van der Waals surface area contributed by atoms with E-state index in [1.165, 1.54) is 5.56 Å². The lowest BCUT2D eigenvalue weighted by atomic mass is 9.88. The maximum atomic E-state index is 9.90. The molecule has 16 heavy (non-hydrogen) atoms. The van der Waals surface area contributed by atoms with Gasteiger partial charge in [0, 0.05) is 19.6 Å². The summed E-state index contributed by atoms with van der Waals surface area (Å²) in [5.74, 6) is 0.764. The molecule has 3 atom stereocenters. The molecular weight excluding hydrogens is 198 g/mol. The Morgan fingerprint density at radius 2 is 1.69 bits per heavy atom. The monoisotopic (exact) mass is 219 g/mol. The number of nitrogens with zero attached hydrogens (tertiary/aromatic N) is 1. The SMILES string of the molecule is C[C@@H]1CN(Cc2ccccc2)C[C@H](C)[C@@H]1O. The highest BCUT2D eigenvalue weighted by Gasteiger charge is 2.29. The Morgan fingerprint density at radius 1 is 1.12 bits per heavy atom. The highest BCUT2D eigenvalue weighted by molar-refractivity contribution is 5.14. The Balaban J connectivity index is 1.97. The van der Waals surface area contributed by atoms with Crippen molar-refractivity contribution in [1.82, 2.24) is 4.90 Å². The Bertz CT molecular complexity index is 313. The average molecular weight is 219 g/mol. The molecule has 1 aliphatic heterocycles. The topological polar surface area (TPSA) is 23.5 Å². The quantitative estimate of drug-likeness (QED) is 0.823. The van der Waals surface area contributed by atoms with Gasteiger partial charge >= 0.3 is 0 Å². The summed E-state index contributed by atoms with van der Waals surface area (Å²) >= 11 is 0. The molecular formula is C14H21NO. The van der Waals surface area contributed by atoms with Gasteiger partial charge < -0.3 is 5.11 Å². The number of aliphatic hydroxyl groups excluding tert-OH is 1. The van der Waals surface area contributed by atoms with E-state index in [-0.39, 0.29) is 6.10 Å². The van der Waals surface area contributed by atoms with Gasteiger partial charge in [0.15, 0.2) is 0 Å². The lowest BCUT2D eigenvalue weighted by molar-refractivity contribution is -0.0107. The van der Waals surface area contributed by atoms with Crippen LogP contribution in [0, 0.1) is 11.8 Å². The van der Waals surface area contributed by atoms with Crippen LogP contribution >= 0.6 is 0 Å². The van der Waals surface area contributed by atoms with E-state index >= 15 is 0 Å². The van der Waals surface area contributed by atoms with Crippen LogP contribution in [0.15, 0.2) is 30.3 Å². The van der Waals surface area contributed by atoms with Crippen molar-refractivity contribution < 1.29 is 5.11 Å². The number of likely N-dealkylation sites (tertiary alicyclic amines) is 1. The van der Waals surface area contributed by atoms with Gasteiger partial charge in [0.1, 0.15) is 0 Å². The molecule has 1 heterocycles. The van der Waals surface area contributed by atoms with Crippen molar-refractivity contribution in [2.75, 3.05) is 13.1 Å². The van der Waals surface area contributed by atoms with Crippen LogP contribution in [-0.2, 0) is 6.54 Å². The van der Waals surface area contributed by atoms with Crippen LogP contribution in [0.3, 0.4) is 0 Å². The molecule has 0 radical (unpaired) electrons. The first kappa shape index (κ1) is 11.6. The van der Waals surface area contributed by atoms with E-state index in [1.54, 1.807) is 0 Å². The Kier molecular flexibility index (Phi) is 3.62. The average Bonchev–Trinajstić information content (AvgIpc) is 2.27. The van der Waals surface area contributed by atoms with Crippen LogP contribution in [0.25, 0.3) is 0 Å². The Morgan fingerprint density at radius 3 is 2.25 bits per heavy atom. The first-order valence-corrected chi connectivity index (χ1v) is 6.11. The summed E-state index contributed by atoms with van der Waals surface area (Å²) in [7, 11) is 0. The van der Waals surface area contributed by atoms with Crippen LogP contribution in [0.1, 0.15) is 19.4 Å². The Labute approximate surface area is 97.9 Å². The summed E-state index contributed by atoms with van der Waals surface area (Å²) in [6.45, 7) is 7.28. The summed E-state index contributed by atoms with van der Waals surface area (Å²) in [5.41, 5.74) is 1.36. The van der Waals surface area contributed by atoms with E-state index in [0.717, 1.165) is 19.6 Å². The van der Waals surface area contributed by atoms with Gasteiger partial charge in [-0.15, -0.1) is 0 Å². The highest BCUT2D eigenvalue weighted by atomic mass is 16.3. The van der Waals surface area contributed by atoms with Gasteiger partial charge in [-0.25, -0.2) is 0 Å². The molecule has 0 saturated carbocycles. The lowest BCUT2D eigenvalue weighted by Gasteiger charge is -2.38. The van der Waals surface area contributed by atoms with Gasteiger partial charge in [0.2, 0.25) is 0 Å². The van der Waals surface area contributed by atoms with Crippen LogP contribution in [-0.4, -0.2) is 29.2 Å². The molecule has 1 aliphatic rings. The van der Waals surface area contributed by atoms with Crippen LogP contribution in [0.4, 0.5) is 0 Å². The van der Waals surface area contributed by atoms with E-state index in [4.69, 9.17) is 0 Å². The minimum atomic E-state index is -0.132. The maximum absolute atomic E-state index is 9.90. The molecule has 1 aromatic carbocycles. The zero-order valence-corrected chi connectivity index (χ0v) is 10.1. The maximum Gasteiger partial charge on any atom is 0.0615 e. The second-order valence-electron chi connectivity index (χ2n) is 5.12. The number of piperidine rings is 1. The van der Waals surface area contributed by atoms with Crippen molar-refractivity contribution in [3.05, 3.63) is 35.9 Å². The second-order valence-corrected chi connectivity index (χ2v) is 5.12. The summed E-state index contributed by atoms with van der Waals surface area (Å²) in [6.07, 6.45) is -0.132. The van der Waals surface area contributed by atoms with Gasteiger partial charge in [-0.1, -0.05) is 44.2 Å². The van der Waals surface area contributed by atoms with E-state index in [1.807, 2.05) is 0 Å². The first-order valence-electron chi connectivity index (χ1n) is 6.11. The van der Waals surface area contributed by atoms with Gasteiger partial charge in [-0.2, -0.15) is 0 Å². The van der Waals surface area contributed by atoms with Crippen LogP contribution < -0.4 is 0 Å². The standard InChI is InChI=1S/C14H21NO/c1-11-8-15(9-12(2)14(11)16)10-13-6-4-3-5-7-13/h3-7,11-12,14,16H,8-10H2,1-2H3/t11-,12+,14-. The summed E-state index contributed by atoms with van der Waals surface area (Å²) in [5, 5.41) is 9.90.